The van der Waals surface area contributed by atoms with Crippen LogP contribution in [0.5, 0.6) is 5.75 Å². The van der Waals surface area contributed by atoms with Gasteiger partial charge in [-0.05, 0) is 38.5 Å². The minimum Gasteiger partial charge on any atom is -0.493 e. The number of hydrogen-bond acceptors (Lipinski definition) is 7. The van der Waals surface area contributed by atoms with Crippen LogP contribution in [0.15, 0.2) is 30.6 Å². The second-order valence-corrected chi connectivity index (χ2v) is 10.6. The van der Waals surface area contributed by atoms with E-state index in [1.165, 1.54) is 26.0 Å². The highest BCUT2D eigenvalue weighted by molar-refractivity contribution is 7.93. The molecule has 9 nitrogen and oxygen atoms in total. The van der Waals surface area contributed by atoms with Crippen molar-refractivity contribution in [2.24, 2.45) is 5.73 Å². The molecule has 0 radical (unpaired) electrons. The smallest absolute Gasteiger partial charge is 0.419 e. The predicted octanol–water partition coefficient (Wildman–Crippen LogP) is 2.74. The number of alkyl halides is 3. The van der Waals surface area contributed by atoms with Crippen LogP contribution in [0.25, 0.3) is 0 Å². The largest absolute Gasteiger partial charge is 0.493 e. The van der Waals surface area contributed by atoms with Gasteiger partial charge in [-0.2, -0.15) is 13.2 Å². The minimum atomic E-state index is -4.63. The average Bonchev–Trinajstić information content (AvgIpc) is 2.73. The minimum absolute atomic E-state index is 0.265. The predicted molar refractivity (Wildman–Crippen MR) is 114 cm³/mol. The number of nitrogens with one attached hydrogen (secondary N) is 2. The van der Waals surface area contributed by atoms with Gasteiger partial charge in [0.2, 0.25) is 5.82 Å². The zero-order chi connectivity index (χ0) is 24.6. The van der Waals surface area contributed by atoms with E-state index in [2.05, 4.69) is 15.3 Å². The SMILES string of the molecule is CC(C)(C(=N)N)S(=O)(=O)CC1CCOc2ccc(NC(=O)c3ncc(C(F)(F)F)cn3)cc21. The molecule has 1 amide bonds. The maximum atomic E-state index is 12.9. The molecule has 0 bridgehead atoms. The van der Waals surface area contributed by atoms with E-state index in [0.29, 0.717) is 36.7 Å². The number of sulfone groups is 1. The lowest BCUT2D eigenvalue weighted by Crippen LogP contribution is -2.47. The lowest BCUT2D eigenvalue weighted by molar-refractivity contribution is -0.138. The third kappa shape index (κ3) is 5.07. The van der Waals surface area contributed by atoms with Gasteiger partial charge in [0.1, 0.15) is 16.3 Å². The Labute approximate surface area is 188 Å². The number of halogens is 3. The third-order valence-corrected chi connectivity index (χ3v) is 8.08. The molecule has 2 heterocycles. The first-order valence-electron chi connectivity index (χ1n) is 9.76. The summed E-state index contributed by atoms with van der Waals surface area (Å²) in [6.45, 7) is 3.02. The standard InChI is InChI=1S/C20H22F3N5O4S/c1-19(2,18(24)25)33(30,31)10-11-5-6-32-15-4-3-13(7-14(11)15)28-17(29)16-26-8-12(9-27-16)20(21,22)23/h3-4,7-9,11H,5-6,10H2,1-2H3,(H3,24,25)(H,28,29). The van der Waals surface area contributed by atoms with Gasteiger partial charge in [-0.25, -0.2) is 18.4 Å². The first kappa shape index (κ1) is 24.4. The van der Waals surface area contributed by atoms with Gasteiger partial charge in [-0.1, -0.05) is 0 Å². The van der Waals surface area contributed by atoms with Crippen LogP contribution in [0.4, 0.5) is 18.9 Å². The Balaban J connectivity index is 1.82. The fourth-order valence-electron chi connectivity index (χ4n) is 3.14. The Morgan fingerprint density at radius 3 is 2.48 bits per heavy atom. The van der Waals surface area contributed by atoms with Gasteiger partial charge < -0.3 is 15.8 Å². The maximum Gasteiger partial charge on any atom is 0.419 e. The van der Waals surface area contributed by atoms with Crippen molar-refractivity contribution >= 4 is 27.3 Å². The van der Waals surface area contributed by atoms with Crippen molar-refractivity contribution < 1.29 is 31.1 Å². The summed E-state index contributed by atoms with van der Waals surface area (Å²) >= 11 is 0. The van der Waals surface area contributed by atoms with Crippen molar-refractivity contribution in [3.8, 4) is 5.75 Å². The Morgan fingerprint density at radius 2 is 1.91 bits per heavy atom. The first-order chi connectivity index (χ1) is 15.2. The molecule has 2 aromatic rings. The van der Waals surface area contributed by atoms with Crippen molar-refractivity contribution in [1.82, 2.24) is 9.97 Å². The van der Waals surface area contributed by atoms with Crippen LogP contribution in [-0.4, -0.2) is 47.2 Å². The van der Waals surface area contributed by atoms with Crippen molar-refractivity contribution in [1.29, 1.82) is 5.41 Å². The molecule has 33 heavy (non-hydrogen) atoms. The zero-order valence-corrected chi connectivity index (χ0v) is 18.5. The number of anilines is 1. The summed E-state index contributed by atoms with van der Waals surface area (Å²) in [7, 11) is -3.80. The first-order valence-corrected chi connectivity index (χ1v) is 11.4. The molecule has 178 valence electrons. The van der Waals surface area contributed by atoms with E-state index in [1.54, 1.807) is 6.07 Å². The van der Waals surface area contributed by atoms with Crippen molar-refractivity contribution in [2.75, 3.05) is 17.7 Å². The van der Waals surface area contributed by atoms with Crippen LogP contribution in [0.1, 0.15) is 47.9 Å². The molecule has 4 N–H and O–H groups in total. The van der Waals surface area contributed by atoms with Crippen molar-refractivity contribution in [2.45, 2.75) is 37.1 Å². The maximum absolute atomic E-state index is 12.9. The van der Waals surface area contributed by atoms with Gasteiger partial charge >= 0.3 is 6.18 Å². The van der Waals surface area contributed by atoms with E-state index in [9.17, 15) is 26.4 Å². The zero-order valence-electron chi connectivity index (χ0n) is 17.7. The van der Waals surface area contributed by atoms with E-state index in [0.717, 1.165) is 0 Å². The van der Waals surface area contributed by atoms with Gasteiger partial charge in [0.25, 0.3) is 5.91 Å². The molecule has 13 heteroatoms. The lowest BCUT2D eigenvalue weighted by atomic mass is 9.94. The van der Waals surface area contributed by atoms with E-state index in [-0.39, 0.29) is 11.4 Å². The lowest BCUT2D eigenvalue weighted by Gasteiger charge is -2.30. The molecule has 0 aliphatic carbocycles. The Kier molecular flexibility index (Phi) is 6.37. The quantitative estimate of drug-likeness (QED) is 0.421. The number of aromatic nitrogens is 2. The normalized spacial score (nSPS) is 16.5. The topological polar surface area (TPSA) is 148 Å². The number of nitrogens with two attached hydrogens (primary N) is 1. The van der Waals surface area contributed by atoms with Crippen molar-refractivity contribution in [3.63, 3.8) is 0 Å². The van der Waals surface area contributed by atoms with Crippen LogP contribution in [0.3, 0.4) is 0 Å². The van der Waals surface area contributed by atoms with Crippen LogP contribution in [0.2, 0.25) is 0 Å². The second-order valence-electron chi connectivity index (χ2n) is 8.04. The van der Waals surface area contributed by atoms with Crippen molar-refractivity contribution in [3.05, 3.63) is 47.5 Å². The highest BCUT2D eigenvalue weighted by Gasteiger charge is 2.40. The summed E-state index contributed by atoms with van der Waals surface area (Å²) in [5.41, 5.74) is 5.20. The number of amidine groups is 1. The number of ether oxygens (including phenoxy) is 1. The highest BCUT2D eigenvalue weighted by atomic mass is 32.2. The van der Waals surface area contributed by atoms with E-state index < -0.39 is 49.8 Å². The van der Waals surface area contributed by atoms with Gasteiger partial charge in [-0.3, -0.25) is 10.2 Å². The molecule has 1 atom stereocenters. The number of amides is 1. The molecule has 1 aliphatic heterocycles. The molecule has 0 spiro atoms. The number of fused-ring (bicyclic) bond motifs is 1. The number of nitrogens with zero attached hydrogens (tertiary/aromatic N) is 2. The molecule has 1 unspecified atom stereocenters. The number of carbonyl (C=O) groups excluding carboxylic acids is 1. The number of benzene rings is 1. The third-order valence-electron chi connectivity index (χ3n) is 5.46. The molecule has 1 aromatic heterocycles. The van der Waals surface area contributed by atoms with Gasteiger partial charge in [-0.15, -0.1) is 0 Å². The fraction of sp³-hybridized carbons (Fsp3) is 0.400. The summed E-state index contributed by atoms with van der Waals surface area (Å²) in [4.78, 5) is 19.3. The average molecular weight is 485 g/mol. The van der Waals surface area contributed by atoms with Gasteiger partial charge in [0.15, 0.2) is 9.84 Å². The Bertz CT molecular complexity index is 1180. The van der Waals surface area contributed by atoms with Crippen LogP contribution in [-0.2, 0) is 16.0 Å². The van der Waals surface area contributed by atoms with Gasteiger partial charge in [0.05, 0.1) is 17.9 Å². The summed E-state index contributed by atoms with van der Waals surface area (Å²) in [5, 5.41) is 10.1. The van der Waals surface area contributed by atoms with Gasteiger partial charge in [0, 0.05) is 29.6 Å². The fourth-order valence-corrected chi connectivity index (χ4v) is 4.76. The monoisotopic (exact) mass is 485 g/mol. The summed E-state index contributed by atoms with van der Waals surface area (Å²) in [6, 6.07) is 4.61. The molecular weight excluding hydrogens is 463 g/mol. The molecule has 0 saturated carbocycles. The Morgan fingerprint density at radius 1 is 1.27 bits per heavy atom. The molecule has 1 aliphatic rings. The molecule has 0 saturated heterocycles. The number of hydrogen-bond donors (Lipinski definition) is 3. The van der Waals surface area contributed by atoms with E-state index >= 15 is 0 Å². The molecular formula is C20H22F3N5O4S. The highest BCUT2D eigenvalue weighted by Crippen LogP contribution is 2.38. The number of rotatable bonds is 6. The second kappa shape index (κ2) is 8.61. The van der Waals surface area contributed by atoms with E-state index in [1.807, 2.05) is 0 Å². The Hall–Kier alpha value is -3.22. The number of carbonyl (C=O) groups is 1. The van der Waals surface area contributed by atoms with Crippen LogP contribution < -0.4 is 15.8 Å². The summed E-state index contributed by atoms with van der Waals surface area (Å²) < 4.78 is 67.8. The molecule has 3 rings (SSSR count). The molecule has 0 fully saturated rings. The molecule has 1 aromatic carbocycles. The van der Waals surface area contributed by atoms with Crippen LogP contribution >= 0.6 is 0 Å². The van der Waals surface area contributed by atoms with E-state index in [4.69, 9.17) is 15.9 Å². The summed E-state index contributed by atoms with van der Waals surface area (Å²) in [5.74, 6) is -2.06. The van der Waals surface area contributed by atoms with Crippen LogP contribution in [0, 0.1) is 5.41 Å². The summed E-state index contributed by atoms with van der Waals surface area (Å²) in [6.07, 6.45) is -3.21.